The summed E-state index contributed by atoms with van der Waals surface area (Å²) in [5.74, 6) is 0. The SMILES string of the molecule is CCCCCCCCCCCCCCCN1C=CN(CCCC)C1CCCCCC. The van der Waals surface area contributed by atoms with E-state index in [1.807, 2.05) is 0 Å². The molecule has 0 aromatic carbocycles. The quantitative estimate of drug-likeness (QED) is 0.161. The lowest BCUT2D eigenvalue weighted by Crippen LogP contribution is -2.39. The maximum Gasteiger partial charge on any atom is 0.101 e. The fourth-order valence-corrected chi connectivity index (χ4v) is 4.75. The third-order valence-corrected chi connectivity index (χ3v) is 6.82. The van der Waals surface area contributed by atoms with Crippen molar-refractivity contribution in [3.05, 3.63) is 12.4 Å². The van der Waals surface area contributed by atoms with Crippen LogP contribution in [0.25, 0.3) is 0 Å². The first-order chi connectivity index (χ1) is 14.8. The zero-order valence-electron chi connectivity index (χ0n) is 21.2. The first-order valence-electron chi connectivity index (χ1n) is 14.0. The van der Waals surface area contributed by atoms with E-state index in [1.54, 1.807) is 0 Å². The summed E-state index contributed by atoms with van der Waals surface area (Å²) in [6, 6.07) is 0. The van der Waals surface area contributed by atoms with Crippen molar-refractivity contribution in [1.82, 2.24) is 9.80 Å². The smallest absolute Gasteiger partial charge is 0.101 e. The van der Waals surface area contributed by atoms with Crippen LogP contribution in [0.15, 0.2) is 12.4 Å². The highest BCUT2D eigenvalue weighted by molar-refractivity contribution is 4.96. The van der Waals surface area contributed by atoms with Gasteiger partial charge in [-0.05, 0) is 25.7 Å². The van der Waals surface area contributed by atoms with E-state index in [1.165, 1.54) is 142 Å². The largest absolute Gasteiger partial charge is 0.356 e. The fraction of sp³-hybridized carbons (Fsp3) is 0.929. The molecule has 30 heavy (non-hydrogen) atoms. The van der Waals surface area contributed by atoms with E-state index in [9.17, 15) is 0 Å². The Morgan fingerprint density at radius 1 is 0.433 bits per heavy atom. The van der Waals surface area contributed by atoms with Crippen molar-refractivity contribution in [1.29, 1.82) is 0 Å². The molecule has 0 aliphatic carbocycles. The summed E-state index contributed by atoms with van der Waals surface area (Å²) in [4.78, 5) is 5.28. The first-order valence-corrected chi connectivity index (χ1v) is 14.0. The molecule has 0 spiro atoms. The Morgan fingerprint density at radius 3 is 1.27 bits per heavy atom. The Balaban J connectivity index is 2.06. The summed E-state index contributed by atoms with van der Waals surface area (Å²) in [6.45, 7) is 9.42. The molecule has 0 saturated heterocycles. The van der Waals surface area contributed by atoms with E-state index < -0.39 is 0 Å². The Labute approximate surface area is 190 Å². The monoisotopic (exact) mass is 420 g/mol. The minimum atomic E-state index is 0.644. The Kier molecular flexibility index (Phi) is 18.5. The normalized spacial score (nSPS) is 16.2. The lowest BCUT2D eigenvalue weighted by molar-refractivity contribution is 0.136. The van der Waals surface area contributed by atoms with Gasteiger partial charge in [-0.25, -0.2) is 0 Å². The van der Waals surface area contributed by atoms with E-state index in [4.69, 9.17) is 0 Å². The molecule has 1 unspecified atom stereocenters. The molecule has 0 bridgehead atoms. The van der Waals surface area contributed by atoms with Crippen molar-refractivity contribution < 1.29 is 0 Å². The average Bonchev–Trinajstić information content (AvgIpc) is 3.14. The van der Waals surface area contributed by atoms with Gasteiger partial charge in [0.1, 0.15) is 6.17 Å². The van der Waals surface area contributed by atoms with Crippen molar-refractivity contribution in [2.45, 2.75) is 155 Å². The molecule has 1 rings (SSSR count). The van der Waals surface area contributed by atoms with E-state index >= 15 is 0 Å². The Bertz CT molecular complexity index is 379. The van der Waals surface area contributed by atoms with Gasteiger partial charge >= 0.3 is 0 Å². The predicted octanol–water partition coefficient (Wildman–Crippen LogP) is 9.26. The zero-order valence-corrected chi connectivity index (χ0v) is 21.2. The van der Waals surface area contributed by atoms with Gasteiger partial charge in [0.2, 0.25) is 0 Å². The topological polar surface area (TPSA) is 6.48 Å². The van der Waals surface area contributed by atoms with Gasteiger partial charge in [0.05, 0.1) is 0 Å². The summed E-state index contributed by atoms with van der Waals surface area (Å²) >= 11 is 0. The van der Waals surface area contributed by atoms with Gasteiger partial charge in [-0.15, -0.1) is 0 Å². The molecule has 1 atom stereocenters. The number of hydrogen-bond donors (Lipinski definition) is 0. The highest BCUT2D eigenvalue weighted by Crippen LogP contribution is 2.23. The van der Waals surface area contributed by atoms with Crippen LogP contribution in [0, 0.1) is 0 Å². The third-order valence-electron chi connectivity index (χ3n) is 6.82. The predicted molar refractivity (Wildman–Crippen MR) is 136 cm³/mol. The van der Waals surface area contributed by atoms with Crippen LogP contribution in [-0.2, 0) is 0 Å². The second kappa shape index (κ2) is 20.3. The molecule has 0 amide bonds. The molecular formula is C28H56N2. The fourth-order valence-electron chi connectivity index (χ4n) is 4.75. The molecule has 1 aliphatic rings. The third kappa shape index (κ3) is 13.6. The number of hydrogen-bond acceptors (Lipinski definition) is 2. The average molecular weight is 421 g/mol. The van der Waals surface area contributed by atoms with E-state index in [2.05, 4.69) is 43.0 Å². The van der Waals surface area contributed by atoms with E-state index in [-0.39, 0.29) is 0 Å². The second-order valence-electron chi connectivity index (χ2n) is 9.70. The number of nitrogens with zero attached hydrogens (tertiary/aromatic N) is 2. The summed E-state index contributed by atoms with van der Waals surface area (Å²) in [6.07, 6.45) is 33.6. The van der Waals surface area contributed by atoms with Gasteiger partial charge in [-0.3, -0.25) is 0 Å². The van der Waals surface area contributed by atoms with Crippen molar-refractivity contribution in [3.8, 4) is 0 Å². The molecule has 0 radical (unpaired) electrons. The lowest BCUT2D eigenvalue weighted by atomic mass is 10.0. The summed E-state index contributed by atoms with van der Waals surface area (Å²) < 4.78 is 0. The van der Waals surface area contributed by atoms with Crippen LogP contribution in [0.2, 0.25) is 0 Å². The molecule has 0 aromatic heterocycles. The molecule has 0 aromatic rings. The Hall–Kier alpha value is -0.660. The van der Waals surface area contributed by atoms with Crippen LogP contribution < -0.4 is 0 Å². The molecule has 178 valence electrons. The summed E-state index contributed by atoms with van der Waals surface area (Å²) in [5.41, 5.74) is 0. The van der Waals surface area contributed by atoms with E-state index in [0.29, 0.717) is 6.17 Å². The number of rotatable bonds is 22. The molecule has 2 heteroatoms. The zero-order chi connectivity index (χ0) is 21.7. The maximum atomic E-state index is 2.65. The van der Waals surface area contributed by atoms with Crippen LogP contribution in [0.4, 0.5) is 0 Å². The van der Waals surface area contributed by atoms with Crippen molar-refractivity contribution in [2.24, 2.45) is 0 Å². The summed E-state index contributed by atoms with van der Waals surface area (Å²) in [5, 5.41) is 0. The minimum absolute atomic E-state index is 0.644. The standard InChI is InChI=1S/C28H56N2/c1-4-7-10-12-13-14-15-16-17-18-19-20-22-25-30-27-26-29(24-9-6-3)28(30)23-21-11-8-5-2/h26-28H,4-25H2,1-3H3. The summed E-state index contributed by atoms with van der Waals surface area (Å²) in [7, 11) is 0. The molecule has 1 heterocycles. The van der Waals surface area contributed by atoms with Gasteiger partial charge < -0.3 is 9.80 Å². The van der Waals surface area contributed by atoms with Gasteiger partial charge in [-0.1, -0.05) is 124 Å². The Morgan fingerprint density at radius 2 is 0.800 bits per heavy atom. The minimum Gasteiger partial charge on any atom is -0.356 e. The van der Waals surface area contributed by atoms with Gasteiger partial charge in [0.25, 0.3) is 0 Å². The van der Waals surface area contributed by atoms with Gasteiger partial charge in [0, 0.05) is 25.5 Å². The lowest BCUT2D eigenvalue weighted by Gasteiger charge is -2.33. The number of unbranched alkanes of at least 4 members (excludes halogenated alkanes) is 16. The molecule has 0 fully saturated rings. The highest BCUT2D eigenvalue weighted by Gasteiger charge is 2.24. The maximum absolute atomic E-state index is 2.65. The van der Waals surface area contributed by atoms with Crippen molar-refractivity contribution in [3.63, 3.8) is 0 Å². The van der Waals surface area contributed by atoms with E-state index in [0.717, 1.165) is 0 Å². The highest BCUT2D eigenvalue weighted by atomic mass is 15.4. The molecule has 0 saturated carbocycles. The molecule has 2 nitrogen and oxygen atoms in total. The van der Waals surface area contributed by atoms with Crippen LogP contribution in [0.1, 0.15) is 149 Å². The van der Waals surface area contributed by atoms with Crippen LogP contribution >= 0.6 is 0 Å². The molecular weight excluding hydrogens is 364 g/mol. The first kappa shape index (κ1) is 27.4. The second-order valence-corrected chi connectivity index (χ2v) is 9.70. The molecule has 0 N–H and O–H groups in total. The van der Waals surface area contributed by atoms with Crippen molar-refractivity contribution >= 4 is 0 Å². The van der Waals surface area contributed by atoms with Crippen LogP contribution in [0.3, 0.4) is 0 Å². The van der Waals surface area contributed by atoms with Gasteiger partial charge in [0.15, 0.2) is 0 Å². The van der Waals surface area contributed by atoms with Gasteiger partial charge in [-0.2, -0.15) is 0 Å². The van der Waals surface area contributed by atoms with Crippen molar-refractivity contribution in [2.75, 3.05) is 13.1 Å². The molecule has 1 aliphatic heterocycles. The van der Waals surface area contributed by atoms with Crippen LogP contribution in [-0.4, -0.2) is 29.1 Å². The van der Waals surface area contributed by atoms with Crippen LogP contribution in [0.5, 0.6) is 0 Å².